The molecule has 2 aromatic rings. The first kappa shape index (κ1) is 12.1. The summed E-state index contributed by atoms with van der Waals surface area (Å²) >= 11 is 0. The average Bonchev–Trinajstić information content (AvgIpc) is 2.85. The van der Waals surface area contributed by atoms with Gasteiger partial charge in [-0.25, -0.2) is 0 Å². The molecule has 0 aliphatic carbocycles. The molecule has 18 heavy (non-hydrogen) atoms. The molecule has 0 fully saturated rings. The van der Waals surface area contributed by atoms with Crippen molar-refractivity contribution in [3.8, 4) is 17.2 Å². The van der Waals surface area contributed by atoms with Gasteiger partial charge in [0.1, 0.15) is 5.75 Å². The van der Waals surface area contributed by atoms with E-state index >= 15 is 0 Å². The molecule has 0 aliphatic heterocycles. The zero-order chi connectivity index (χ0) is 13.0. The first-order chi connectivity index (χ1) is 8.69. The molecule has 1 heterocycles. The van der Waals surface area contributed by atoms with Gasteiger partial charge in [-0.05, 0) is 24.3 Å². The molecule has 0 saturated carbocycles. The number of methoxy groups -OCH3 is 1. The van der Waals surface area contributed by atoms with E-state index in [0.29, 0.717) is 11.7 Å². The fourth-order valence-electron chi connectivity index (χ4n) is 1.38. The van der Waals surface area contributed by atoms with Gasteiger partial charge >= 0.3 is 0 Å². The van der Waals surface area contributed by atoms with Gasteiger partial charge in [0.05, 0.1) is 13.7 Å². The largest absolute Gasteiger partial charge is 0.497 e. The molecule has 1 amide bonds. The molecule has 1 aromatic carbocycles. The Kier molecular flexibility index (Phi) is 3.57. The number of hydrogen-bond donors (Lipinski definition) is 1. The summed E-state index contributed by atoms with van der Waals surface area (Å²) in [6.45, 7) is 1.69. The number of amides is 1. The van der Waals surface area contributed by atoms with E-state index in [9.17, 15) is 4.79 Å². The standard InChI is InChI=1S/C12H13N3O3/c1-8(16)13-7-11-14-12(18-15-11)9-3-5-10(17-2)6-4-9/h3-6H,7H2,1-2H3,(H,13,16). The summed E-state index contributed by atoms with van der Waals surface area (Å²) in [5.74, 6) is 1.48. The Morgan fingerprint density at radius 2 is 2.11 bits per heavy atom. The van der Waals surface area contributed by atoms with Gasteiger partial charge in [-0.3, -0.25) is 4.79 Å². The number of carbonyl (C=O) groups is 1. The summed E-state index contributed by atoms with van der Waals surface area (Å²) in [6, 6.07) is 7.28. The molecule has 0 aliphatic rings. The maximum absolute atomic E-state index is 10.8. The maximum atomic E-state index is 10.8. The van der Waals surface area contributed by atoms with Crippen LogP contribution in [0.1, 0.15) is 12.7 Å². The Morgan fingerprint density at radius 1 is 1.39 bits per heavy atom. The van der Waals surface area contributed by atoms with E-state index in [2.05, 4.69) is 15.5 Å². The lowest BCUT2D eigenvalue weighted by Crippen LogP contribution is -2.19. The van der Waals surface area contributed by atoms with Gasteiger partial charge in [-0.15, -0.1) is 0 Å². The average molecular weight is 247 g/mol. The molecule has 2 rings (SSSR count). The molecule has 1 aromatic heterocycles. The predicted molar refractivity (Wildman–Crippen MR) is 63.8 cm³/mol. The third-order valence-corrected chi connectivity index (χ3v) is 2.30. The van der Waals surface area contributed by atoms with Crippen LogP contribution >= 0.6 is 0 Å². The van der Waals surface area contributed by atoms with Gasteiger partial charge < -0.3 is 14.6 Å². The quantitative estimate of drug-likeness (QED) is 0.883. The van der Waals surface area contributed by atoms with Crippen molar-refractivity contribution in [2.24, 2.45) is 0 Å². The van der Waals surface area contributed by atoms with Crippen molar-refractivity contribution in [1.29, 1.82) is 0 Å². The highest BCUT2D eigenvalue weighted by Gasteiger charge is 2.08. The van der Waals surface area contributed by atoms with Crippen LogP contribution in [-0.2, 0) is 11.3 Å². The minimum absolute atomic E-state index is 0.134. The van der Waals surface area contributed by atoms with Crippen LogP contribution in [0.5, 0.6) is 5.75 Å². The molecule has 0 spiro atoms. The van der Waals surface area contributed by atoms with Crippen molar-refractivity contribution in [2.45, 2.75) is 13.5 Å². The monoisotopic (exact) mass is 247 g/mol. The third-order valence-electron chi connectivity index (χ3n) is 2.30. The highest BCUT2D eigenvalue weighted by atomic mass is 16.5. The fraction of sp³-hybridized carbons (Fsp3) is 0.250. The minimum Gasteiger partial charge on any atom is -0.497 e. The molecule has 0 atom stereocenters. The van der Waals surface area contributed by atoms with E-state index in [4.69, 9.17) is 9.26 Å². The Labute approximate surface area is 104 Å². The van der Waals surface area contributed by atoms with E-state index in [-0.39, 0.29) is 12.5 Å². The number of rotatable bonds is 4. The lowest BCUT2D eigenvalue weighted by atomic mass is 10.2. The number of nitrogens with one attached hydrogen (secondary N) is 1. The molecule has 0 radical (unpaired) electrons. The molecule has 0 unspecified atom stereocenters. The summed E-state index contributed by atoms with van der Waals surface area (Å²) in [4.78, 5) is 14.9. The van der Waals surface area contributed by atoms with Crippen LogP contribution in [0.2, 0.25) is 0 Å². The zero-order valence-electron chi connectivity index (χ0n) is 10.1. The lowest BCUT2D eigenvalue weighted by molar-refractivity contribution is -0.119. The normalized spacial score (nSPS) is 10.1. The molecular formula is C12H13N3O3. The van der Waals surface area contributed by atoms with Gasteiger partial charge in [0.25, 0.3) is 5.89 Å². The van der Waals surface area contributed by atoms with Crippen LogP contribution in [-0.4, -0.2) is 23.2 Å². The Hall–Kier alpha value is -2.37. The summed E-state index contributed by atoms with van der Waals surface area (Å²) in [6.07, 6.45) is 0. The minimum atomic E-state index is -0.134. The van der Waals surface area contributed by atoms with Crippen LogP contribution in [0, 0.1) is 0 Å². The van der Waals surface area contributed by atoms with Gasteiger partial charge in [-0.2, -0.15) is 4.98 Å². The SMILES string of the molecule is COc1ccc(-c2nc(CNC(C)=O)no2)cc1. The van der Waals surface area contributed by atoms with E-state index in [1.54, 1.807) is 7.11 Å². The number of nitrogens with zero attached hydrogens (tertiary/aromatic N) is 2. The summed E-state index contributed by atoms with van der Waals surface area (Å²) in [5, 5.41) is 6.38. The van der Waals surface area contributed by atoms with Gasteiger partial charge in [-0.1, -0.05) is 5.16 Å². The highest BCUT2D eigenvalue weighted by Crippen LogP contribution is 2.20. The van der Waals surface area contributed by atoms with Crippen molar-refractivity contribution in [3.63, 3.8) is 0 Å². The van der Waals surface area contributed by atoms with Crippen molar-refractivity contribution >= 4 is 5.91 Å². The van der Waals surface area contributed by atoms with Crippen LogP contribution in [0.4, 0.5) is 0 Å². The summed E-state index contributed by atoms with van der Waals surface area (Å²) in [7, 11) is 1.60. The summed E-state index contributed by atoms with van der Waals surface area (Å²) in [5.41, 5.74) is 0.803. The van der Waals surface area contributed by atoms with Gasteiger partial charge in [0.2, 0.25) is 5.91 Å². The highest BCUT2D eigenvalue weighted by molar-refractivity contribution is 5.72. The number of benzene rings is 1. The topological polar surface area (TPSA) is 77.2 Å². The van der Waals surface area contributed by atoms with Crippen LogP contribution < -0.4 is 10.1 Å². The van der Waals surface area contributed by atoms with Crippen molar-refractivity contribution in [1.82, 2.24) is 15.5 Å². The second kappa shape index (κ2) is 5.31. The van der Waals surface area contributed by atoms with Crippen LogP contribution in [0.3, 0.4) is 0 Å². The van der Waals surface area contributed by atoms with Crippen LogP contribution in [0.25, 0.3) is 11.5 Å². The first-order valence-corrected chi connectivity index (χ1v) is 5.40. The number of ether oxygens (including phenoxy) is 1. The summed E-state index contributed by atoms with van der Waals surface area (Å²) < 4.78 is 10.2. The molecule has 6 nitrogen and oxygen atoms in total. The number of aromatic nitrogens is 2. The Balaban J connectivity index is 2.10. The van der Waals surface area contributed by atoms with Crippen LogP contribution in [0.15, 0.2) is 28.8 Å². The lowest BCUT2D eigenvalue weighted by Gasteiger charge is -1.98. The second-order valence-electron chi connectivity index (χ2n) is 3.65. The maximum Gasteiger partial charge on any atom is 0.257 e. The molecule has 0 bridgehead atoms. The third kappa shape index (κ3) is 2.85. The molecule has 6 heteroatoms. The van der Waals surface area contributed by atoms with E-state index in [1.165, 1.54) is 6.92 Å². The number of hydrogen-bond acceptors (Lipinski definition) is 5. The zero-order valence-corrected chi connectivity index (χ0v) is 10.1. The molecule has 94 valence electrons. The van der Waals surface area contributed by atoms with Crippen molar-refractivity contribution < 1.29 is 14.1 Å². The van der Waals surface area contributed by atoms with Crippen molar-refractivity contribution in [2.75, 3.05) is 7.11 Å². The van der Waals surface area contributed by atoms with Gasteiger partial charge in [0.15, 0.2) is 5.82 Å². The Morgan fingerprint density at radius 3 is 2.72 bits per heavy atom. The van der Waals surface area contributed by atoms with E-state index in [0.717, 1.165) is 11.3 Å². The van der Waals surface area contributed by atoms with E-state index in [1.807, 2.05) is 24.3 Å². The predicted octanol–water partition coefficient (Wildman–Crippen LogP) is 1.38. The fourth-order valence-corrected chi connectivity index (χ4v) is 1.38. The first-order valence-electron chi connectivity index (χ1n) is 5.40. The smallest absolute Gasteiger partial charge is 0.257 e. The van der Waals surface area contributed by atoms with Crippen molar-refractivity contribution in [3.05, 3.63) is 30.1 Å². The molecular weight excluding hydrogens is 234 g/mol. The Bertz CT molecular complexity index is 534. The second-order valence-corrected chi connectivity index (χ2v) is 3.65. The molecule has 1 N–H and O–H groups in total. The number of carbonyl (C=O) groups excluding carboxylic acids is 1. The molecule has 0 saturated heterocycles. The van der Waals surface area contributed by atoms with E-state index < -0.39 is 0 Å². The van der Waals surface area contributed by atoms with Gasteiger partial charge in [0, 0.05) is 12.5 Å².